The number of ketones is 1. The molecule has 0 aliphatic rings. The van der Waals surface area contributed by atoms with Crippen LogP contribution in [0.3, 0.4) is 0 Å². The van der Waals surface area contributed by atoms with Crippen LogP contribution in [0.2, 0.25) is 0 Å². The maximum Gasteiger partial charge on any atom is 0.264 e. The minimum atomic E-state index is -2.59. The molecule has 4 heteroatoms. The number of alkyl halides is 2. The van der Waals surface area contributed by atoms with Crippen LogP contribution in [0, 0.1) is 3.57 Å². The van der Waals surface area contributed by atoms with Crippen molar-refractivity contribution in [3.63, 3.8) is 0 Å². The Labute approximate surface area is 94.6 Å². The van der Waals surface area contributed by atoms with Gasteiger partial charge in [0.2, 0.25) is 0 Å². The van der Waals surface area contributed by atoms with E-state index in [1.54, 1.807) is 13.0 Å². The monoisotopic (exact) mass is 310 g/mol. The summed E-state index contributed by atoms with van der Waals surface area (Å²) in [5.41, 5.74) is 0.00866. The second-order valence-electron chi connectivity index (χ2n) is 2.78. The summed E-state index contributed by atoms with van der Waals surface area (Å²) < 4.78 is 25.7. The molecule has 0 aliphatic heterocycles. The summed E-state index contributed by atoms with van der Waals surface area (Å²) in [5, 5.41) is 0. The third-order valence-electron chi connectivity index (χ3n) is 1.88. The highest BCUT2D eigenvalue weighted by atomic mass is 127. The van der Waals surface area contributed by atoms with Crippen LogP contribution in [0.25, 0.3) is 0 Å². The molecule has 0 bridgehead atoms. The smallest absolute Gasteiger partial charge is 0.264 e. The lowest BCUT2D eigenvalue weighted by molar-refractivity contribution is 0.0973. The molecule has 0 unspecified atom stereocenters. The van der Waals surface area contributed by atoms with E-state index in [2.05, 4.69) is 0 Å². The van der Waals surface area contributed by atoms with Crippen LogP contribution in [0.1, 0.15) is 35.7 Å². The van der Waals surface area contributed by atoms with Gasteiger partial charge in [0.15, 0.2) is 5.78 Å². The molecular weight excluding hydrogens is 301 g/mol. The van der Waals surface area contributed by atoms with E-state index < -0.39 is 6.43 Å². The summed E-state index contributed by atoms with van der Waals surface area (Å²) in [5.74, 6) is -0.231. The van der Waals surface area contributed by atoms with Gasteiger partial charge in [0.05, 0.1) is 0 Å². The SMILES string of the molecule is CCC(=O)c1c(I)cccc1C(F)F. The van der Waals surface area contributed by atoms with Gasteiger partial charge in [-0.3, -0.25) is 4.79 Å². The molecule has 0 N–H and O–H groups in total. The van der Waals surface area contributed by atoms with Crippen LogP contribution in [0.15, 0.2) is 18.2 Å². The van der Waals surface area contributed by atoms with Crippen molar-refractivity contribution < 1.29 is 13.6 Å². The molecule has 0 saturated heterocycles. The van der Waals surface area contributed by atoms with E-state index in [4.69, 9.17) is 0 Å². The zero-order chi connectivity index (χ0) is 10.7. The van der Waals surface area contributed by atoms with Crippen molar-refractivity contribution in [2.45, 2.75) is 19.8 Å². The Morgan fingerprint density at radius 1 is 1.50 bits per heavy atom. The van der Waals surface area contributed by atoms with Gasteiger partial charge in [-0.2, -0.15) is 0 Å². The van der Waals surface area contributed by atoms with Gasteiger partial charge in [-0.05, 0) is 28.7 Å². The van der Waals surface area contributed by atoms with E-state index in [0.29, 0.717) is 3.57 Å². The van der Waals surface area contributed by atoms with Crippen molar-refractivity contribution in [2.24, 2.45) is 0 Å². The standard InChI is InChI=1S/C10H9F2IO/c1-2-8(14)9-6(10(11)12)4-3-5-7(9)13/h3-5,10H,2H2,1H3. The summed E-state index contributed by atoms with van der Waals surface area (Å²) >= 11 is 1.90. The number of Topliss-reactive ketones (excluding diaryl/α,β-unsaturated/α-hetero) is 1. The maximum absolute atomic E-state index is 12.5. The molecule has 0 saturated carbocycles. The fraction of sp³-hybridized carbons (Fsp3) is 0.300. The molecule has 0 radical (unpaired) electrons. The van der Waals surface area contributed by atoms with Crippen LogP contribution in [0.5, 0.6) is 0 Å². The Balaban J connectivity index is 3.29. The molecule has 14 heavy (non-hydrogen) atoms. The normalized spacial score (nSPS) is 10.6. The lowest BCUT2D eigenvalue weighted by Crippen LogP contribution is -2.05. The van der Waals surface area contributed by atoms with Crippen molar-refractivity contribution in [2.75, 3.05) is 0 Å². The molecule has 0 aromatic heterocycles. The first-order valence-electron chi connectivity index (χ1n) is 4.17. The Morgan fingerprint density at radius 3 is 2.64 bits per heavy atom. The van der Waals surface area contributed by atoms with Gasteiger partial charge in [-0.1, -0.05) is 19.1 Å². The van der Waals surface area contributed by atoms with Gasteiger partial charge in [0.25, 0.3) is 6.43 Å². The zero-order valence-corrected chi connectivity index (χ0v) is 9.72. The van der Waals surface area contributed by atoms with Crippen molar-refractivity contribution in [1.29, 1.82) is 0 Å². The lowest BCUT2D eigenvalue weighted by Gasteiger charge is -2.08. The van der Waals surface area contributed by atoms with Gasteiger partial charge < -0.3 is 0 Å². The highest BCUT2D eigenvalue weighted by molar-refractivity contribution is 14.1. The molecule has 0 spiro atoms. The Hall–Kier alpha value is -0.520. The van der Waals surface area contributed by atoms with E-state index in [1.165, 1.54) is 12.1 Å². The van der Waals surface area contributed by atoms with E-state index in [1.807, 2.05) is 22.6 Å². The largest absolute Gasteiger partial charge is 0.294 e. The van der Waals surface area contributed by atoms with Gasteiger partial charge in [0, 0.05) is 21.1 Å². The topological polar surface area (TPSA) is 17.1 Å². The Bertz CT molecular complexity index is 350. The quantitative estimate of drug-likeness (QED) is 0.613. The van der Waals surface area contributed by atoms with Crippen LogP contribution in [-0.4, -0.2) is 5.78 Å². The van der Waals surface area contributed by atoms with Crippen molar-refractivity contribution in [3.8, 4) is 0 Å². The van der Waals surface area contributed by atoms with Crippen LogP contribution in [-0.2, 0) is 0 Å². The number of halogens is 3. The molecule has 0 atom stereocenters. The van der Waals surface area contributed by atoms with Crippen molar-refractivity contribution in [1.82, 2.24) is 0 Å². The number of benzene rings is 1. The molecule has 0 aliphatic carbocycles. The molecule has 0 heterocycles. The first-order chi connectivity index (χ1) is 6.57. The average molecular weight is 310 g/mol. The molecule has 1 aromatic rings. The fourth-order valence-electron chi connectivity index (χ4n) is 1.19. The fourth-order valence-corrected chi connectivity index (χ4v) is 2.01. The Kier molecular flexibility index (Phi) is 3.97. The minimum Gasteiger partial charge on any atom is -0.294 e. The summed E-state index contributed by atoms with van der Waals surface area (Å²) in [6, 6.07) is 4.50. The number of hydrogen-bond acceptors (Lipinski definition) is 1. The van der Waals surface area contributed by atoms with Gasteiger partial charge in [0.1, 0.15) is 0 Å². The predicted molar refractivity (Wildman–Crippen MR) is 58.7 cm³/mol. The van der Waals surface area contributed by atoms with Crippen molar-refractivity contribution in [3.05, 3.63) is 32.9 Å². The third kappa shape index (κ3) is 2.29. The van der Waals surface area contributed by atoms with Crippen LogP contribution >= 0.6 is 22.6 Å². The molecule has 0 fully saturated rings. The Morgan fingerprint density at radius 2 is 2.14 bits per heavy atom. The second-order valence-corrected chi connectivity index (χ2v) is 3.94. The number of rotatable bonds is 3. The summed E-state index contributed by atoms with van der Waals surface area (Å²) in [6.07, 6.45) is -2.34. The predicted octanol–water partition coefficient (Wildman–Crippen LogP) is 3.82. The summed E-state index contributed by atoms with van der Waals surface area (Å²) in [6.45, 7) is 1.67. The minimum absolute atomic E-state index is 0.163. The molecule has 0 amide bonds. The molecular formula is C10H9F2IO. The number of hydrogen-bond donors (Lipinski definition) is 0. The van der Waals surface area contributed by atoms with Gasteiger partial charge >= 0.3 is 0 Å². The molecule has 1 nitrogen and oxygen atoms in total. The first kappa shape index (κ1) is 11.6. The zero-order valence-electron chi connectivity index (χ0n) is 7.56. The third-order valence-corrected chi connectivity index (χ3v) is 2.78. The highest BCUT2D eigenvalue weighted by Crippen LogP contribution is 2.27. The van der Waals surface area contributed by atoms with E-state index >= 15 is 0 Å². The van der Waals surface area contributed by atoms with Gasteiger partial charge in [-0.25, -0.2) is 8.78 Å². The lowest BCUT2D eigenvalue weighted by atomic mass is 10.0. The first-order valence-corrected chi connectivity index (χ1v) is 5.25. The average Bonchev–Trinajstić information content (AvgIpc) is 2.16. The summed E-state index contributed by atoms with van der Waals surface area (Å²) in [7, 11) is 0. The maximum atomic E-state index is 12.5. The highest BCUT2D eigenvalue weighted by Gasteiger charge is 2.19. The number of carbonyl (C=O) groups is 1. The second kappa shape index (κ2) is 4.82. The molecule has 1 aromatic carbocycles. The van der Waals surface area contributed by atoms with E-state index in [-0.39, 0.29) is 23.3 Å². The number of carbonyl (C=O) groups excluding carboxylic acids is 1. The van der Waals surface area contributed by atoms with Crippen molar-refractivity contribution >= 4 is 28.4 Å². The van der Waals surface area contributed by atoms with Crippen LogP contribution in [0.4, 0.5) is 8.78 Å². The molecule has 76 valence electrons. The molecule has 1 rings (SSSR count). The van der Waals surface area contributed by atoms with E-state index in [9.17, 15) is 13.6 Å². The van der Waals surface area contributed by atoms with Gasteiger partial charge in [-0.15, -0.1) is 0 Å². The van der Waals surface area contributed by atoms with E-state index in [0.717, 1.165) is 0 Å². The summed E-state index contributed by atoms with van der Waals surface area (Å²) in [4.78, 5) is 11.4. The van der Waals surface area contributed by atoms with Crippen LogP contribution < -0.4 is 0 Å².